The van der Waals surface area contributed by atoms with Crippen molar-refractivity contribution in [3.63, 3.8) is 0 Å². The highest BCUT2D eigenvalue weighted by Gasteiger charge is 2.50. The van der Waals surface area contributed by atoms with Crippen LogP contribution in [0.5, 0.6) is 0 Å². The highest BCUT2D eigenvalue weighted by Crippen LogP contribution is 2.55. The van der Waals surface area contributed by atoms with Crippen LogP contribution in [0.4, 0.5) is 0 Å². The summed E-state index contributed by atoms with van der Waals surface area (Å²) in [4.78, 5) is 0. The second kappa shape index (κ2) is 6.53. The zero-order valence-electron chi connectivity index (χ0n) is 15.8. The second-order valence-electron chi connectivity index (χ2n) is 9.21. The van der Waals surface area contributed by atoms with Gasteiger partial charge in [0.05, 0.1) is 12.2 Å². The molecule has 4 aliphatic rings. The lowest BCUT2D eigenvalue weighted by Crippen LogP contribution is -2.58. The molecule has 0 saturated heterocycles. The predicted molar refractivity (Wildman–Crippen MR) is 103 cm³/mol. The topological polar surface area (TPSA) is 38.1 Å². The molecule has 1 aromatic carbocycles. The molecule has 4 fully saturated rings. The maximum absolute atomic E-state index is 5.73. The Bertz CT molecular complexity index is 728. The van der Waals surface area contributed by atoms with Crippen molar-refractivity contribution >= 4 is 0 Å². The Morgan fingerprint density at radius 3 is 2.31 bits per heavy atom. The molecule has 2 aromatic rings. The molecular formula is C23H30N2O. The highest BCUT2D eigenvalue weighted by molar-refractivity contribution is 5.25. The lowest BCUT2D eigenvalue weighted by atomic mass is 9.53. The molecule has 3 heteroatoms. The van der Waals surface area contributed by atoms with E-state index in [0.29, 0.717) is 5.54 Å². The molecule has 0 aliphatic heterocycles. The van der Waals surface area contributed by atoms with E-state index in [-0.39, 0.29) is 0 Å². The van der Waals surface area contributed by atoms with Crippen LogP contribution in [0.15, 0.2) is 34.9 Å². The SMILES string of the molecule is Cc1noc(CNC23CC4CC(CC(C4)C2)C3)c1CCc1ccccc1. The van der Waals surface area contributed by atoms with Gasteiger partial charge in [-0.05, 0) is 81.6 Å². The summed E-state index contributed by atoms with van der Waals surface area (Å²) < 4.78 is 5.73. The minimum absolute atomic E-state index is 0.381. The van der Waals surface area contributed by atoms with Crippen molar-refractivity contribution in [2.24, 2.45) is 17.8 Å². The van der Waals surface area contributed by atoms with Crippen LogP contribution in [0.1, 0.15) is 61.1 Å². The van der Waals surface area contributed by atoms with Crippen LogP contribution in [-0.4, -0.2) is 10.7 Å². The summed E-state index contributed by atoms with van der Waals surface area (Å²) in [6.07, 6.45) is 10.7. The Morgan fingerprint density at radius 1 is 1.00 bits per heavy atom. The van der Waals surface area contributed by atoms with E-state index in [0.717, 1.165) is 48.6 Å². The molecule has 0 amide bonds. The average molecular weight is 351 g/mol. The van der Waals surface area contributed by atoms with Crippen molar-refractivity contribution in [2.45, 2.75) is 70.4 Å². The molecule has 0 radical (unpaired) electrons. The standard InChI is InChI=1S/C23H30N2O/c1-16-21(8-7-17-5-3-2-4-6-17)22(26-25-16)15-24-23-12-18-9-19(13-23)11-20(10-18)14-23/h2-6,18-20,24H,7-15H2,1H3. The normalized spacial score (nSPS) is 32.3. The first-order valence-electron chi connectivity index (χ1n) is 10.4. The van der Waals surface area contributed by atoms with Gasteiger partial charge in [0.1, 0.15) is 0 Å². The number of nitrogens with zero attached hydrogens (tertiary/aromatic N) is 1. The third kappa shape index (κ3) is 3.11. The van der Waals surface area contributed by atoms with E-state index in [4.69, 9.17) is 4.52 Å². The largest absolute Gasteiger partial charge is 0.359 e. The van der Waals surface area contributed by atoms with E-state index >= 15 is 0 Å². The summed E-state index contributed by atoms with van der Waals surface area (Å²) in [5, 5.41) is 8.24. The first kappa shape index (κ1) is 16.6. The zero-order valence-corrected chi connectivity index (χ0v) is 15.8. The molecule has 138 valence electrons. The minimum atomic E-state index is 0.381. The zero-order chi connectivity index (χ0) is 17.6. The van der Waals surface area contributed by atoms with Crippen molar-refractivity contribution in [2.75, 3.05) is 0 Å². The first-order valence-corrected chi connectivity index (χ1v) is 10.4. The van der Waals surface area contributed by atoms with Gasteiger partial charge in [-0.2, -0.15) is 0 Å². The van der Waals surface area contributed by atoms with Crippen LogP contribution in [0.2, 0.25) is 0 Å². The molecule has 0 unspecified atom stereocenters. The van der Waals surface area contributed by atoms with Gasteiger partial charge in [-0.1, -0.05) is 35.5 Å². The van der Waals surface area contributed by atoms with E-state index in [1.54, 1.807) is 0 Å². The number of aromatic nitrogens is 1. The van der Waals surface area contributed by atoms with Crippen LogP contribution in [0.3, 0.4) is 0 Å². The average Bonchev–Trinajstić information content (AvgIpc) is 2.98. The van der Waals surface area contributed by atoms with E-state index in [2.05, 4.69) is 47.7 Å². The number of rotatable bonds is 6. The molecule has 1 N–H and O–H groups in total. The monoisotopic (exact) mass is 350 g/mol. The Kier molecular flexibility index (Phi) is 4.16. The van der Waals surface area contributed by atoms with Crippen LogP contribution >= 0.6 is 0 Å². The van der Waals surface area contributed by atoms with Crippen molar-refractivity contribution in [1.29, 1.82) is 0 Å². The second-order valence-corrected chi connectivity index (χ2v) is 9.21. The molecule has 3 nitrogen and oxygen atoms in total. The molecule has 1 aromatic heterocycles. The Morgan fingerprint density at radius 2 is 1.65 bits per heavy atom. The van der Waals surface area contributed by atoms with E-state index in [1.165, 1.54) is 49.7 Å². The molecular weight excluding hydrogens is 320 g/mol. The summed E-state index contributed by atoms with van der Waals surface area (Å²) >= 11 is 0. The van der Waals surface area contributed by atoms with Gasteiger partial charge >= 0.3 is 0 Å². The van der Waals surface area contributed by atoms with Crippen molar-refractivity contribution in [3.05, 3.63) is 52.9 Å². The van der Waals surface area contributed by atoms with Gasteiger partial charge in [0.15, 0.2) is 5.76 Å². The molecule has 26 heavy (non-hydrogen) atoms. The fraction of sp³-hybridized carbons (Fsp3) is 0.609. The van der Waals surface area contributed by atoms with Gasteiger partial charge in [0, 0.05) is 11.1 Å². The van der Waals surface area contributed by atoms with Crippen molar-refractivity contribution in [3.8, 4) is 0 Å². The van der Waals surface area contributed by atoms with Gasteiger partial charge in [-0.25, -0.2) is 0 Å². The maximum atomic E-state index is 5.73. The fourth-order valence-corrected chi connectivity index (χ4v) is 6.40. The van der Waals surface area contributed by atoms with Crippen molar-refractivity contribution < 1.29 is 4.52 Å². The fourth-order valence-electron chi connectivity index (χ4n) is 6.40. The Balaban J connectivity index is 1.26. The highest BCUT2D eigenvalue weighted by atomic mass is 16.5. The summed E-state index contributed by atoms with van der Waals surface area (Å²) in [5.74, 6) is 3.99. The first-order chi connectivity index (χ1) is 12.7. The molecule has 0 spiro atoms. The van der Waals surface area contributed by atoms with Gasteiger partial charge in [0.25, 0.3) is 0 Å². The summed E-state index contributed by atoms with van der Waals surface area (Å²) in [7, 11) is 0. The number of hydrogen-bond donors (Lipinski definition) is 1. The lowest BCUT2D eigenvalue weighted by molar-refractivity contribution is -0.0215. The predicted octanol–water partition coefficient (Wildman–Crippen LogP) is 4.83. The van der Waals surface area contributed by atoms with Gasteiger partial charge in [0.2, 0.25) is 0 Å². The summed E-state index contributed by atoms with van der Waals surface area (Å²) in [6.45, 7) is 2.93. The summed E-state index contributed by atoms with van der Waals surface area (Å²) in [6, 6.07) is 10.7. The third-order valence-electron chi connectivity index (χ3n) is 7.23. The van der Waals surface area contributed by atoms with E-state index in [1.807, 2.05) is 0 Å². The van der Waals surface area contributed by atoms with Gasteiger partial charge in [-0.15, -0.1) is 0 Å². The Hall–Kier alpha value is -1.61. The maximum Gasteiger partial charge on any atom is 0.153 e. The molecule has 4 saturated carbocycles. The van der Waals surface area contributed by atoms with Gasteiger partial charge < -0.3 is 9.84 Å². The molecule has 6 rings (SSSR count). The van der Waals surface area contributed by atoms with Crippen molar-refractivity contribution in [1.82, 2.24) is 10.5 Å². The van der Waals surface area contributed by atoms with Gasteiger partial charge in [-0.3, -0.25) is 0 Å². The number of aryl methyl sites for hydroxylation is 2. The number of benzene rings is 1. The molecule has 0 atom stereocenters. The number of nitrogens with one attached hydrogen (secondary N) is 1. The van der Waals surface area contributed by atoms with E-state index < -0.39 is 0 Å². The van der Waals surface area contributed by atoms with Crippen LogP contribution in [-0.2, 0) is 19.4 Å². The summed E-state index contributed by atoms with van der Waals surface area (Å²) in [5.41, 5.74) is 4.13. The smallest absolute Gasteiger partial charge is 0.153 e. The van der Waals surface area contributed by atoms with Crippen LogP contribution in [0.25, 0.3) is 0 Å². The number of hydrogen-bond acceptors (Lipinski definition) is 3. The molecule has 4 aliphatic carbocycles. The van der Waals surface area contributed by atoms with Crippen LogP contribution < -0.4 is 5.32 Å². The molecule has 4 bridgehead atoms. The quantitative estimate of drug-likeness (QED) is 0.811. The lowest BCUT2D eigenvalue weighted by Gasteiger charge is -2.57. The minimum Gasteiger partial charge on any atom is -0.359 e. The Labute approximate surface area is 156 Å². The van der Waals surface area contributed by atoms with Crippen LogP contribution in [0, 0.1) is 24.7 Å². The third-order valence-corrected chi connectivity index (χ3v) is 7.23. The van der Waals surface area contributed by atoms with E-state index in [9.17, 15) is 0 Å². The molecule has 1 heterocycles.